The van der Waals surface area contributed by atoms with Gasteiger partial charge >= 0.3 is 0 Å². The number of nitrogens with two attached hydrogens (primary N) is 1. The van der Waals surface area contributed by atoms with Crippen molar-refractivity contribution >= 4 is 44.2 Å². The summed E-state index contributed by atoms with van der Waals surface area (Å²) in [4.78, 5) is 30.2. The van der Waals surface area contributed by atoms with Gasteiger partial charge in [-0.1, -0.05) is 101 Å². The summed E-state index contributed by atoms with van der Waals surface area (Å²) in [6, 6.07) is 30.2. The summed E-state index contributed by atoms with van der Waals surface area (Å²) in [5.74, 6) is -0.448. The number of hydrogen-bond donors (Lipinski definition) is 3. The van der Waals surface area contributed by atoms with Crippen molar-refractivity contribution in [1.82, 2.24) is 10.3 Å². The molecule has 1 aromatic heterocycles. The number of carbonyl (C=O) groups is 2. The van der Waals surface area contributed by atoms with Gasteiger partial charge in [0, 0.05) is 15.6 Å². The highest BCUT2D eigenvalue weighted by atomic mass is 79.9. The number of amides is 1. The molecule has 0 bridgehead atoms. The highest BCUT2D eigenvalue weighted by Crippen LogP contribution is 2.35. The minimum Gasteiger partial charge on any atom is -0.385 e. The summed E-state index contributed by atoms with van der Waals surface area (Å²) in [5, 5.41) is 5.27. The number of rotatable bonds is 6. The lowest BCUT2D eigenvalue weighted by atomic mass is 9.96. The van der Waals surface area contributed by atoms with E-state index in [-0.39, 0.29) is 34.8 Å². The molecule has 1 atom stereocenters. The Hall–Kier alpha value is -4.16. The van der Waals surface area contributed by atoms with E-state index in [0.29, 0.717) is 16.7 Å². The van der Waals surface area contributed by atoms with Crippen molar-refractivity contribution in [2.45, 2.75) is 13.0 Å². The van der Waals surface area contributed by atoms with Gasteiger partial charge in [-0.15, -0.1) is 0 Å². The van der Waals surface area contributed by atoms with Crippen LogP contribution in [-0.2, 0) is 0 Å². The molecule has 0 aliphatic rings. The Balaban J connectivity index is 1.59. The Morgan fingerprint density at radius 3 is 2.36 bits per heavy atom. The van der Waals surface area contributed by atoms with Crippen LogP contribution in [0.3, 0.4) is 0 Å². The molecule has 5 nitrogen and oxygen atoms in total. The van der Waals surface area contributed by atoms with Gasteiger partial charge in [-0.3, -0.25) is 9.59 Å². The number of fused-ring (bicyclic) bond motifs is 1. The summed E-state index contributed by atoms with van der Waals surface area (Å²) < 4.78 is 0.827. The number of aromatic amines is 1. The van der Waals surface area contributed by atoms with Crippen molar-refractivity contribution in [3.05, 3.63) is 124 Å². The molecule has 4 aromatic carbocycles. The molecule has 1 amide bonds. The van der Waals surface area contributed by atoms with E-state index in [0.717, 1.165) is 20.8 Å². The second kappa shape index (κ2) is 9.84. The van der Waals surface area contributed by atoms with Gasteiger partial charge in [0.15, 0.2) is 0 Å². The van der Waals surface area contributed by atoms with Crippen LogP contribution < -0.4 is 11.1 Å². The van der Waals surface area contributed by atoms with Gasteiger partial charge in [-0.05, 0) is 41.0 Å². The zero-order chi connectivity index (χ0) is 25.2. The van der Waals surface area contributed by atoms with Gasteiger partial charge in [-0.2, -0.15) is 0 Å². The number of aromatic nitrogens is 1. The summed E-state index contributed by atoms with van der Waals surface area (Å²) in [6.45, 7) is 1.94. The topological polar surface area (TPSA) is 88.0 Å². The molecule has 36 heavy (non-hydrogen) atoms. The number of benzene rings is 4. The van der Waals surface area contributed by atoms with E-state index in [9.17, 15) is 9.59 Å². The minimum atomic E-state index is -0.355. The van der Waals surface area contributed by atoms with Crippen molar-refractivity contribution in [1.29, 1.82) is 0 Å². The Morgan fingerprint density at radius 1 is 0.889 bits per heavy atom. The number of nitrogen functional groups attached to an aromatic ring is 1. The van der Waals surface area contributed by atoms with Crippen LogP contribution >= 0.6 is 15.9 Å². The third-order valence-electron chi connectivity index (χ3n) is 6.27. The van der Waals surface area contributed by atoms with Crippen molar-refractivity contribution in [2.24, 2.45) is 0 Å². The second-order valence-corrected chi connectivity index (χ2v) is 9.55. The third-order valence-corrected chi connectivity index (χ3v) is 6.76. The lowest BCUT2D eigenvalue weighted by Gasteiger charge is -2.17. The van der Waals surface area contributed by atoms with Crippen LogP contribution in [-0.4, -0.2) is 16.7 Å². The SMILES string of the molecule is CC(NC(=O)c1c(N)[nH]c(C(=O)c2ccccc2)c1-c1cccc(Br)c1)c1cccc2ccccc12. The summed E-state index contributed by atoms with van der Waals surface area (Å²) >= 11 is 3.50. The van der Waals surface area contributed by atoms with Crippen LogP contribution in [0.2, 0.25) is 0 Å². The van der Waals surface area contributed by atoms with Crippen LogP contribution in [0.25, 0.3) is 21.9 Å². The first-order valence-electron chi connectivity index (χ1n) is 11.6. The maximum Gasteiger partial charge on any atom is 0.256 e. The third kappa shape index (κ3) is 4.43. The first-order chi connectivity index (χ1) is 17.4. The lowest BCUT2D eigenvalue weighted by Crippen LogP contribution is -2.27. The van der Waals surface area contributed by atoms with Crippen LogP contribution in [0, 0.1) is 0 Å². The molecular formula is C30H24BrN3O2. The van der Waals surface area contributed by atoms with Crippen LogP contribution in [0.5, 0.6) is 0 Å². The fourth-order valence-corrected chi connectivity index (χ4v) is 4.97. The van der Waals surface area contributed by atoms with Gasteiger partial charge in [0.25, 0.3) is 5.91 Å². The Bertz CT molecular complexity index is 1590. The highest BCUT2D eigenvalue weighted by Gasteiger charge is 2.28. The van der Waals surface area contributed by atoms with Crippen molar-refractivity contribution in [3.8, 4) is 11.1 Å². The maximum atomic E-state index is 13.7. The van der Waals surface area contributed by atoms with Crippen LogP contribution in [0.4, 0.5) is 5.82 Å². The van der Waals surface area contributed by atoms with Crippen LogP contribution in [0.15, 0.2) is 102 Å². The second-order valence-electron chi connectivity index (χ2n) is 8.63. The molecule has 4 N–H and O–H groups in total. The lowest BCUT2D eigenvalue weighted by molar-refractivity contribution is 0.0941. The van der Waals surface area contributed by atoms with E-state index in [1.54, 1.807) is 24.3 Å². The highest BCUT2D eigenvalue weighted by molar-refractivity contribution is 9.10. The average molecular weight is 538 g/mol. The number of hydrogen-bond acceptors (Lipinski definition) is 3. The van der Waals surface area contributed by atoms with Gasteiger partial charge in [0.1, 0.15) is 5.82 Å². The molecule has 0 saturated carbocycles. The zero-order valence-corrected chi connectivity index (χ0v) is 21.2. The summed E-state index contributed by atoms with van der Waals surface area (Å²) in [6.07, 6.45) is 0. The van der Waals surface area contributed by atoms with E-state index in [1.165, 1.54) is 0 Å². The van der Waals surface area contributed by atoms with Crippen molar-refractivity contribution in [2.75, 3.05) is 5.73 Å². The molecule has 0 fully saturated rings. The number of carbonyl (C=O) groups excluding carboxylic acids is 2. The Morgan fingerprint density at radius 2 is 1.58 bits per heavy atom. The Labute approximate surface area is 217 Å². The van der Waals surface area contributed by atoms with E-state index >= 15 is 0 Å². The molecule has 0 radical (unpaired) electrons. The first kappa shape index (κ1) is 23.6. The molecule has 0 spiro atoms. The number of anilines is 1. The number of H-pyrrole nitrogens is 1. The molecular weight excluding hydrogens is 514 g/mol. The van der Waals surface area contributed by atoms with Crippen molar-refractivity contribution < 1.29 is 9.59 Å². The molecule has 1 heterocycles. The van der Waals surface area contributed by atoms with Gasteiger partial charge in [-0.25, -0.2) is 0 Å². The fraction of sp³-hybridized carbons (Fsp3) is 0.0667. The zero-order valence-electron chi connectivity index (χ0n) is 19.6. The number of ketones is 1. The predicted molar refractivity (Wildman–Crippen MR) is 148 cm³/mol. The quantitative estimate of drug-likeness (QED) is 0.206. The van der Waals surface area contributed by atoms with Gasteiger partial charge < -0.3 is 16.0 Å². The molecule has 0 aliphatic heterocycles. The first-order valence-corrected chi connectivity index (χ1v) is 12.4. The van der Waals surface area contributed by atoms with Crippen molar-refractivity contribution in [3.63, 3.8) is 0 Å². The molecule has 1 unspecified atom stereocenters. The molecule has 0 saturated heterocycles. The maximum absolute atomic E-state index is 13.7. The largest absolute Gasteiger partial charge is 0.385 e. The molecule has 178 valence electrons. The Kier molecular flexibility index (Phi) is 6.44. The molecule has 0 aliphatic carbocycles. The standard InChI is InChI=1S/C30H24BrN3O2/c1-18(23-16-8-12-19-9-5-6-15-24(19)23)33-30(36)26-25(21-13-7-14-22(31)17-21)27(34-29(26)32)28(35)20-10-3-2-4-11-20/h2-18,34H,32H2,1H3,(H,33,36). The van der Waals surface area contributed by atoms with Gasteiger partial charge in [0.2, 0.25) is 5.78 Å². The monoisotopic (exact) mass is 537 g/mol. The predicted octanol–water partition coefficient (Wildman–Crippen LogP) is 6.90. The van der Waals surface area contributed by atoms with E-state index in [4.69, 9.17) is 5.73 Å². The van der Waals surface area contributed by atoms with Gasteiger partial charge in [0.05, 0.1) is 17.3 Å². The number of halogens is 1. The van der Waals surface area contributed by atoms with Crippen LogP contribution in [0.1, 0.15) is 44.9 Å². The smallest absolute Gasteiger partial charge is 0.256 e. The minimum absolute atomic E-state index is 0.145. The molecule has 5 rings (SSSR count). The summed E-state index contributed by atoms with van der Waals surface area (Å²) in [5.41, 5.74) is 9.58. The molecule has 5 aromatic rings. The fourth-order valence-electron chi connectivity index (χ4n) is 4.57. The number of nitrogens with one attached hydrogen (secondary N) is 2. The van der Waals surface area contributed by atoms with E-state index < -0.39 is 0 Å². The normalized spacial score (nSPS) is 11.8. The average Bonchev–Trinajstić information content (AvgIpc) is 3.25. The van der Waals surface area contributed by atoms with E-state index in [1.807, 2.05) is 79.7 Å². The summed E-state index contributed by atoms with van der Waals surface area (Å²) in [7, 11) is 0. The molecule has 6 heteroatoms. The van der Waals surface area contributed by atoms with E-state index in [2.05, 4.69) is 26.2 Å².